The Balaban J connectivity index is 2.39. The summed E-state index contributed by atoms with van der Waals surface area (Å²) in [5.74, 6) is -0.367. The van der Waals surface area contributed by atoms with Crippen molar-refractivity contribution in [1.82, 2.24) is 4.90 Å². The first-order chi connectivity index (χ1) is 7.11. The molecule has 15 heavy (non-hydrogen) atoms. The zero-order valence-electron chi connectivity index (χ0n) is 9.12. The maximum Gasteiger partial charge on any atom is 0.334 e. The number of carbonyl (C=O) groups excluding carboxylic acids is 2. The van der Waals surface area contributed by atoms with E-state index < -0.39 is 5.97 Å². The normalized spacial score (nSPS) is 17.1. The maximum atomic E-state index is 11.5. The molecule has 0 aromatic rings. The lowest BCUT2D eigenvalue weighted by molar-refractivity contribution is -0.149. The average molecular weight is 211 g/mol. The van der Waals surface area contributed by atoms with Crippen LogP contribution in [0.2, 0.25) is 0 Å². The molecule has 1 fully saturated rings. The first kappa shape index (κ1) is 11.8. The van der Waals surface area contributed by atoms with Crippen molar-refractivity contribution in [2.75, 3.05) is 13.3 Å². The molecule has 1 aliphatic heterocycles. The van der Waals surface area contributed by atoms with Crippen LogP contribution in [0.5, 0.6) is 0 Å². The molecule has 0 aromatic carbocycles. The molecule has 4 nitrogen and oxygen atoms in total. The van der Waals surface area contributed by atoms with Crippen molar-refractivity contribution in [2.45, 2.75) is 32.6 Å². The van der Waals surface area contributed by atoms with E-state index in [4.69, 9.17) is 4.74 Å². The van der Waals surface area contributed by atoms with E-state index in [1.807, 2.05) is 0 Å². The second-order valence-corrected chi connectivity index (χ2v) is 3.81. The van der Waals surface area contributed by atoms with Gasteiger partial charge < -0.3 is 9.64 Å². The van der Waals surface area contributed by atoms with Gasteiger partial charge in [-0.2, -0.15) is 0 Å². The molecule has 0 N–H and O–H groups in total. The van der Waals surface area contributed by atoms with Crippen molar-refractivity contribution >= 4 is 11.9 Å². The van der Waals surface area contributed by atoms with Crippen LogP contribution in [0.1, 0.15) is 32.6 Å². The van der Waals surface area contributed by atoms with E-state index in [9.17, 15) is 9.59 Å². The molecule has 1 saturated heterocycles. The summed E-state index contributed by atoms with van der Waals surface area (Å²) in [7, 11) is 0. The number of esters is 1. The molecule has 0 unspecified atom stereocenters. The van der Waals surface area contributed by atoms with Crippen LogP contribution in [-0.2, 0) is 14.3 Å². The number of rotatable bonds is 3. The topological polar surface area (TPSA) is 46.6 Å². The van der Waals surface area contributed by atoms with Gasteiger partial charge >= 0.3 is 5.97 Å². The fourth-order valence-corrected chi connectivity index (χ4v) is 1.43. The van der Waals surface area contributed by atoms with Crippen molar-refractivity contribution in [3.05, 3.63) is 12.2 Å². The SMILES string of the molecule is C=C(C)C(=O)OCN1CCCCCC1=O. The summed E-state index contributed by atoms with van der Waals surface area (Å²) < 4.78 is 4.94. The first-order valence-electron chi connectivity index (χ1n) is 5.21. The van der Waals surface area contributed by atoms with Gasteiger partial charge in [-0.1, -0.05) is 13.0 Å². The molecule has 0 aliphatic carbocycles. The Hall–Kier alpha value is -1.32. The van der Waals surface area contributed by atoms with Gasteiger partial charge in [0.15, 0.2) is 6.73 Å². The van der Waals surface area contributed by atoms with Crippen molar-refractivity contribution < 1.29 is 14.3 Å². The highest BCUT2D eigenvalue weighted by molar-refractivity contribution is 5.87. The number of hydrogen-bond donors (Lipinski definition) is 0. The third kappa shape index (κ3) is 3.73. The van der Waals surface area contributed by atoms with Gasteiger partial charge in [0.25, 0.3) is 0 Å². The second-order valence-electron chi connectivity index (χ2n) is 3.81. The van der Waals surface area contributed by atoms with Crippen molar-refractivity contribution in [1.29, 1.82) is 0 Å². The monoisotopic (exact) mass is 211 g/mol. The van der Waals surface area contributed by atoms with Crippen molar-refractivity contribution in [3.63, 3.8) is 0 Å². The molecule has 1 amide bonds. The molecular formula is C11H17NO3. The molecule has 1 aliphatic rings. The van der Waals surface area contributed by atoms with Gasteiger partial charge in [-0.25, -0.2) is 4.79 Å². The first-order valence-corrected chi connectivity index (χ1v) is 5.21. The largest absolute Gasteiger partial charge is 0.441 e. The van der Waals surface area contributed by atoms with Crippen LogP contribution in [0.4, 0.5) is 0 Å². The van der Waals surface area contributed by atoms with Gasteiger partial charge in [0.2, 0.25) is 5.91 Å². The second kappa shape index (κ2) is 5.53. The van der Waals surface area contributed by atoms with Crippen LogP contribution in [0.25, 0.3) is 0 Å². The molecule has 84 valence electrons. The van der Waals surface area contributed by atoms with Crippen molar-refractivity contribution in [2.24, 2.45) is 0 Å². The molecule has 1 heterocycles. The molecular weight excluding hydrogens is 194 g/mol. The van der Waals surface area contributed by atoms with Gasteiger partial charge in [0, 0.05) is 18.5 Å². The van der Waals surface area contributed by atoms with Crippen molar-refractivity contribution in [3.8, 4) is 0 Å². The minimum absolute atomic E-state index is 0.0600. The highest BCUT2D eigenvalue weighted by atomic mass is 16.5. The third-order valence-corrected chi connectivity index (χ3v) is 2.37. The molecule has 0 aromatic heterocycles. The van der Waals surface area contributed by atoms with Crippen LogP contribution >= 0.6 is 0 Å². The molecule has 0 atom stereocenters. The van der Waals surface area contributed by atoms with E-state index in [0.29, 0.717) is 18.5 Å². The van der Waals surface area contributed by atoms with Crippen LogP contribution in [0.15, 0.2) is 12.2 Å². The fraction of sp³-hybridized carbons (Fsp3) is 0.636. The van der Waals surface area contributed by atoms with Crippen LogP contribution in [0, 0.1) is 0 Å². The number of ether oxygens (including phenoxy) is 1. The smallest absolute Gasteiger partial charge is 0.334 e. The van der Waals surface area contributed by atoms with E-state index >= 15 is 0 Å². The highest BCUT2D eigenvalue weighted by Crippen LogP contribution is 2.11. The van der Waals surface area contributed by atoms with E-state index in [1.54, 1.807) is 11.8 Å². The van der Waals surface area contributed by atoms with Gasteiger partial charge in [-0.05, 0) is 19.8 Å². The lowest BCUT2D eigenvalue weighted by atomic mass is 10.2. The summed E-state index contributed by atoms with van der Waals surface area (Å²) in [5.41, 5.74) is 0.359. The minimum atomic E-state index is -0.438. The zero-order chi connectivity index (χ0) is 11.3. The number of nitrogens with zero attached hydrogens (tertiary/aromatic N) is 1. The average Bonchev–Trinajstić information content (AvgIpc) is 2.39. The van der Waals surface area contributed by atoms with E-state index in [0.717, 1.165) is 19.3 Å². The van der Waals surface area contributed by atoms with Gasteiger partial charge in [-0.3, -0.25) is 4.79 Å². The van der Waals surface area contributed by atoms with E-state index in [-0.39, 0.29) is 12.6 Å². The molecule has 0 spiro atoms. The Morgan fingerprint density at radius 3 is 2.87 bits per heavy atom. The Morgan fingerprint density at radius 1 is 1.47 bits per heavy atom. The quantitative estimate of drug-likeness (QED) is 0.524. The Morgan fingerprint density at radius 2 is 2.20 bits per heavy atom. The zero-order valence-corrected chi connectivity index (χ0v) is 9.12. The summed E-state index contributed by atoms with van der Waals surface area (Å²) in [4.78, 5) is 24.2. The molecule has 4 heteroatoms. The van der Waals surface area contributed by atoms with Crippen LogP contribution in [-0.4, -0.2) is 30.1 Å². The number of hydrogen-bond acceptors (Lipinski definition) is 3. The van der Waals surface area contributed by atoms with Gasteiger partial charge in [0.05, 0.1) is 0 Å². The molecule has 0 saturated carbocycles. The van der Waals surface area contributed by atoms with Gasteiger partial charge in [-0.15, -0.1) is 0 Å². The summed E-state index contributed by atoms with van der Waals surface area (Å²) in [6.45, 7) is 5.81. The maximum absolute atomic E-state index is 11.5. The van der Waals surface area contributed by atoms with E-state index in [1.165, 1.54) is 0 Å². The Kier molecular flexibility index (Phi) is 4.34. The highest BCUT2D eigenvalue weighted by Gasteiger charge is 2.17. The summed E-state index contributed by atoms with van der Waals surface area (Å²) in [6, 6.07) is 0. The lowest BCUT2D eigenvalue weighted by Crippen LogP contribution is -2.33. The lowest BCUT2D eigenvalue weighted by Gasteiger charge is -2.19. The summed E-state index contributed by atoms with van der Waals surface area (Å²) in [5, 5.41) is 0. The standard InChI is InChI=1S/C11H17NO3/c1-9(2)11(14)15-8-12-7-5-3-4-6-10(12)13/h1,3-8H2,2H3. The summed E-state index contributed by atoms with van der Waals surface area (Å²) >= 11 is 0. The van der Waals surface area contributed by atoms with Crippen LogP contribution < -0.4 is 0 Å². The third-order valence-electron chi connectivity index (χ3n) is 2.37. The van der Waals surface area contributed by atoms with Gasteiger partial charge in [0.1, 0.15) is 0 Å². The van der Waals surface area contributed by atoms with Crippen LogP contribution in [0.3, 0.4) is 0 Å². The number of amides is 1. The number of carbonyl (C=O) groups is 2. The Bertz CT molecular complexity index is 273. The summed E-state index contributed by atoms with van der Waals surface area (Å²) in [6.07, 6.45) is 3.54. The predicted octanol–water partition coefficient (Wildman–Crippen LogP) is 1.47. The number of likely N-dealkylation sites (tertiary alicyclic amines) is 1. The van der Waals surface area contributed by atoms with E-state index in [2.05, 4.69) is 6.58 Å². The molecule has 0 radical (unpaired) electrons. The predicted molar refractivity (Wildman–Crippen MR) is 56.0 cm³/mol. The molecule has 0 bridgehead atoms. The fourth-order valence-electron chi connectivity index (χ4n) is 1.43. The Labute approximate surface area is 89.9 Å². The molecule has 1 rings (SSSR count). The minimum Gasteiger partial charge on any atom is -0.441 e.